The van der Waals surface area contributed by atoms with E-state index in [4.69, 9.17) is 27.8 Å². The van der Waals surface area contributed by atoms with Gasteiger partial charge in [-0.25, -0.2) is 0 Å². The van der Waals surface area contributed by atoms with Crippen molar-refractivity contribution in [3.05, 3.63) is 29.3 Å². The first-order valence-corrected chi connectivity index (χ1v) is 7.22. The maximum atomic E-state index is 8.97. The molecule has 0 heterocycles. The van der Waals surface area contributed by atoms with E-state index in [2.05, 4.69) is 18.7 Å². The fourth-order valence-electron chi connectivity index (χ4n) is 2.07. The lowest BCUT2D eigenvalue weighted by molar-refractivity contribution is 0.185. The largest absolute Gasteiger partial charge is 0.496 e. The molecule has 0 spiro atoms. The Balaban J connectivity index is 2.90. The SMILES string of the molecule is COc1ccc(CN(CCCO)C(C)C)cc1C(N)=S. The normalized spacial score (nSPS) is 11.1. The van der Waals surface area contributed by atoms with Crippen LogP contribution in [0.1, 0.15) is 31.4 Å². The van der Waals surface area contributed by atoms with Crippen LogP contribution in [0.25, 0.3) is 0 Å². The summed E-state index contributed by atoms with van der Waals surface area (Å²) in [5.74, 6) is 0.702. The highest BCUT2D eigenvalue weighted by Crippen LogP contribution is 2.21. The maximum absolute atomic E-state index is 8.97. The van der Waals surface area contributed by atoms with E-state index in [0.29, 0.717) is 16.8 Å². The summed E-state index contributed by atoms with van der Waals surface area (Å²) in [4.78, 5) is 2.65. The van der Waals surface area contributed by atoms with Crippen LogP contribution in [0, 0.1) is 0 Å². The maximum Gasteiger partial charge on any atom is 0.129 e. The molecule has 0 saturated carbocycles. The van der Waals surface area contributed by atoms with Crippen molar-refractivity contribution in [1.82, 2.24) is 4.90 Å². The van der Waals surface area contributed by atoms with Gasteiger partial charge in [0.2, 0.25) is 0 Å². The third kappa shape index (κ3) is 4.74. The number of rotatable bonds is 8. The van der Waals surface area contributed by atoms with Gasteiger partial charge in [0.15, 0.2) is 0 Å². The number of benzene rings is 1. The van der Waals surface area contributed by atoms with Gasteiger partial charge >= 0.3 is 0 Å². The minimum atomic E-state index is 0.212. The van der Waals surface area contributed by atoms with Crippen molar-refractivity contribution in [2.75, 3.05) is 20.3 Å². The van der Waals surface area contributed by atoms with Gasteiger partial charge in [0.05, 0.1) is 12.7 Å². The number of nitrogens with zero attached hydrogens (tertiary/aromatic N) is 1. The van der Waals surface area contributed by atoms with Gasteiger partial charge in [-0.1, -0.05) is 18.3 Å². The third-order valence-corrected chi connectivity index (χ3v) is 3.47. The van der Waals surface area contributed by atoms with Gasteiger partial charge in [0.1, 0.15) is 10.7 Å². The van der Waals surface area contributed by atoms with Crippen LogP contribution in [-0.4, -0.2) is 41.3 Å². The Hall–Kier alpha value is -1.17. The zero-order valence-electron chi connectivity index (χ0n) is 12.4. The molecule has 1 aromatic carbocycles. The predicted octanol–water partition coefficient (Wildman–Crippen LogP) is 1.92. The first-order valence-electron chi connectivity index (χ1n) is 6.81. The van der Waals surface area contributed by atoms with Crippen molar-refractivity contribution < 1.29 is 9.84 Å². The molecule has 0 saturated heterocycles. The topological polar surface area (TPSA) is 58.7 Å². The molecular weight excluding hydrogens is 272 g/mol. The average molecular weight is 296 g/mol. The number of nitrogens with two attached hydrogens (primary N) is 1. The zero-order valence-corrected chi connectivity index (χ0v) is 13.2. The summed E-state index contributed by atoms with van der Waals surface area (Å²) >= 11 is 5.06. The molecule has 0 amide bonds. The lowest BCUT2D eigenvalue weighted by Gasteiger charge is -2.26. The molecule has 0 aliphatic carbocycles. The van der Waals surface area contributed by atoms with Crippen LogP contribution < -0.4 is 10.5 Å². The second kappa shape index (κ2) is 8.19. The zero-order chi connectivity index (χ0) is 15.1. The lowest BCUT2D eigenvalue weighted by Crippen LogP contribution is -2.31. The van der Waals surface area contributed by atoms with E-state index < -0.39 is 0 Å². The highest BCUT2D eigenvalue weighted by Gasteiger charge is 2.12. The predicted molar refractivity (Wildman–Crippen MR) is 86.1 cm³/mol. The van der Waals surface area contributed by atoms with Crippen LogP contribution in [0.15, 0.2) is 18.2 Å². The molecule has 4 nitrogen and oxygen atoms in total. The van der Waals surface area contributed by atoms with E-state index in [-0.39, 0.29) is 6.61 Å². The van der Waals surface area contributed by atoms with Gasteiger partial charge in [-0.3, -0.25) is 4.90 Å². The first kappa shape index (κ1) is 16.9. The molecule has 0 unspecified atom stereocenters. The van der Waals surface area contributed by atoms with Crippen LogP contribution in [0.2, 0.25) is 0 Å². The summed E-state index contributed by atoms with van der Waals surface area (Å²) in [5.41, 5.74) is 7.64. The number of aliphatic hydroxyl groups is 1. The highest BCUT2D eigenvalue weighted by atomic mass is 32.1. The third-order valence-electron chi connectivity index (χ3n) is 3.25. The fourth-order valence-corrected chi connectivity index (χ4v) is 2.23. The van der Waals surface area contributed by atoms with Crippen LogP contribution in [0.5, 0.6) is 5.75 Å². The fraction of sp³-hybridized carbons (Fsp3) is 0.533. The summed E-state index contributed by atoms with van der Waals surface area (Å²) in [6, 6.07) is 6.32. The molecule has 0 aliphatic heterocycles. The van der Waals surface area contributed by atoms with Crippen molar-refractivity contribution in [2.24, 2.45) is 5.73 Å². The van der Waals surface area contributed by atoms with E-state index in [9.17, 15) is 0 Å². The van der Waals surface area contributed by atoms with Crippen LogP contribution in [0.3, 0.4) is 0 Å². The Morgan fingerprint density at radius 1 is 1.45 bits per heavy atom. The van der Waals surface area contributed by atoms with E-state index in [1.165, 1.54) is 0 Å². The van der Waals surface area contributed by atoms with Crippen molar-refractivity contribution in [3.8, 4) is 5.75 Å². The van der Waals surface area contributed by atoms with E-state index in [0.717, 1.165) is 30.6 Å². The molecule has 112 valence electrons. The van der Waals surface area contributed by atoms with Crippen molar-refractivity contribution in [3.63, 3.8) is 0 Å². The summed E-state index contributed by atoms with van der Waals surface area (Å²) < 4.78 is 5.26. The van der Waals surface area contributed by atoms with Crippen LogP contribution in [-0.2, 0) is 6.54 Å². The van der Waals surface area contributed by atoms with Gasteiger partial charge in [-0.2, -0.15) is 0 Å². The molecule has 1 aromatic rings. The summed E-state index contributed by atoms with van der Waals surface area (Å²) in [6.45, 7) is 6.18. The Morgan fingerprint density at radius 3 is 2.65 bits per heavy atom. The second-order valence-corrected chi connectivity index (χ2v) is 5.48. The van der Waals surface area contributed by atoms with Gasteiger partial charge < -0.3 is 15.6 Å². The summed E-state index contributed by atoms with van der Waals surface area (Å²) in [5, 5.41) is 8.97. The summed E-state index contributed by atoms with van der Waals surface area (Å²) in [6.07, 6.45) is 0.774. The molecule has 0 bridgehead atoms. The molecular formula is C15H24N2O2S. The van der Waals surface area contributed by atoms with Gasteiger partial charge in [0, 0.05) is 25.7 Å². The molecule has 0 atom stereocenters. The van der Waals surface area contributed by atoms with Crippen molar-refractivity contribution in [2.45, 2.75) is 32.9 Å². The van der Waals surface area contributed by atoms with E-state index in [1.807, 2.05) is 18.2 Å². The molecule has 0 aliphatic rings. The van der Waals surface area contributed by atoms with Gasteiger partial charge in [0.25, 0.3) is 0 Å². The van der Waals surface area contributed by atoms with Gasteiger partial charge in [-0.05, 0) is 38.0 Å². The number of ether oxygens (including phenoxy) is 1. The Bertz CT molecular complexity index is 449. The molecule has 20 heavy (non-hydrogen) atoms. The highest BCUT2D eigenvalue weighted by molar-refractivity contribution is 7.80. The van der Waals surface area contributed by atoms with E-state index >= 15 is 0 Å². The summed E-state index contributed by atoms with van der Waals surface area (Å²) in [7, 11) is 1.61. The lowest BCUT2D eigenvalue weighted by atomic mass is 10.1. The Kier molecular flexibility index (Phi) is 6.91. The van der Waals surface area contributed by atoms with Crippen molar-refractivity contribution in [1.29, 1.82) is 0 Å². The molecule has 1 rings (SSSR count). The van der Waals surface area contributed by atoms with Crippen molar-refractivity contribution >= 4 is 17.2 Å². The number of hydrogen-bond donors (Lipinski definition) is 2. The minimum Gasteiger partial charge on any atom is -0.496 e. The quantitative estimate of drug-likeness (QED) is 0.718. The smallest absolute Gasteiger partial charge is 0.129 e. The van der Waals surface area contributed by atoms with E-state index in [1.54, 1.807) is 7.11 Å². The first-order chi connectivity index (χ1) is 9.49. The molecule has 0 radical (unpaired) electrons. The molecule has 0 aromatic heterocycles. The number of thiocarbonyl (C=S) groups is 1. The number of hydrogen-bond acceptors (Lipinski definition) is 4. The van der Waals surface area contributed by atoms with Gasteiger partial charge in [-0.15, -0.1) is 0 Å². The Morgan fingerprint density at radius 2 is 2.15 bits per heavy atom. The molecule has 0 fully saturated rings. The molecule has 3 N–H and O–H groups in total. The van der Waals surface area contributed by atoms with Crippen LogP contribution in [0.4, 0.5) is 0 Å². The standard InChI is InChI=1S/C15H24N2O2S/c1-11(2)17(7-4-8-18)10-12-5-6-14(19-3)13(9-12)15(16)20/h5-6,9,11,18H,4,7-8,10H2,1-3H3,(H2,16,20). The minimum absolute atomic E-state index is 0.212. The second-order valence-electron chi connectivity index (χ2n) is 5.04. The van der Waals surface area contributed by atoms with Crippen LogP contribution >= 0.6 is 12.2 Å². The monoisotopic (exact) mass is 296 g/mol. The molecule has 5 heteroatoms. The number of aliphatic hydroxyl groups excluding tert-OH is 1. The number of methoxy groups -OCH3 is 1. The average Bonchev–Trinajstić information content (AvgIpc) is 2.42. The Labute approximate surface area is 126 Å².